The van der Waals surface area contributed by atoms with Crippen LogP contribution in [0.3, 0.4) is 0 Å². The second-order valence-corrected chi connectivity index (χ2v) is 6.91. The molecule has 1 fully saturated rings. The summed E-state index contributed by atoms with van der Waals surface area (Å²) >= 11 is 0. The Balaban J connectivity index is 1.36. The number of ether oxygens (including phenoxy) is 2. The molecule has 2 heterocycles. The monoisotopic (exact) mass is 370 g/mol. The Hall–Kier alpha value is -2.60. The van der Waals surface area contributed by atoms with E-state index in [1.165, 1.54) is 17.7 Å². The van der Waals surface area contributed by atoms with Gasteiger partial charge in [-0.1, -0.05) is 12.1 Å². The van der Waals surface area contributed by atoms with E-state index in [1.807, 2.05) is 6.07 Å². The van der Waals surface area contributed by atoms with Gasteiger partial charge in [0.1, 0.15) is 19.0 Å². The summed E-state index contributed by atoms with van der Waals surface area (Å²) in [6.07, 6.45) is 2.54. The van der Waals surface area contributed by atoms with Crippen molar-refractivity contribution in [3.63, 3.8) is 0 Å². The van der Waals surface area contributed by atoms with E-state index in [9.17, 15) is 9.18 Å². The Morgan fingerprint density at radius 1 is 1.15 bits per heavy atom. The first-order valence-electron chi connectivity index (χ1n) is 9.38. The molecule has 2 aromatic rings. The lowest BCUT2D eigenvalue weighted by Crippen LogP contribution is -2.28. The number of rotatable bonds is 5. The van der Waals surface area contributed by atoms with Gasteiger partial charge in [0, 0.05) is 24.7 Å². The average molecular weight is 370 g/mol. The zero-order chi connectivity index (χ0) is 18.6. The van der Waals surface area contributed by atoms with Gasteiger partial charge < -0.3 is 14.8 Å². The van der Waals surface area contributed by atoms with E-state index < -0.39 is 0 Å². The van der Waals surface area contributed by atoms with Crippen molar-refractivity contribution in [3.8, 4) is 11.5 Å². The molecule has 5 nitrogen and oxygen atoms in total. The number of nitrogens with zero attached hydrogens (tertiary/aromatic N) is 1. The summed E-state index contributed by atoms with van der Waals surface area (Å²) in [7, 11) is 0. The molecule has 2 aliphatic rings. The molecule has 6 heteroatoms. The second-order valence-electron chi connectivity index (χ2n) is 6.91. The Morgan fingerprint density at radius 2 is 2.00 bits per heavy atom. The van der Waals surface area contributed by atoms with Crippen LogP contribution in [0.25, 0.3) is 0 Å². The van der Waals surface area contributed by atoms with Crippen LogP contribution in [-0.4, -0.2) is 37.1 Å². The molecule has 0 bridgehead atoms. The topological polar surface area (TPSA) is 50.8 Å². The minimum Gasteiger partial charge on any atom is -0.486 e. The van der Waals surface area contributed by atoms with Gasteiger partial charge in [-0.25, -0.2) is 4.39 Å². The Labute approximate surface area is 158 Å². The fraction of sp³-hybridized carbons (Fsp3) is 0.381. The van der Waals surface area contributed by atoms with Crippen LogP contribution in [0.4, 0.5) is 10.1 Å². The molecule has 1 N–H and O–H groups in total. The lowest BCUT2D eigenvalue weighted by Gasteiger charge is -2.26. The average Bonchev–Trinajstić information content (AvgIpc) is 3.15. The van der Waals surface area contributed by atoms with Crippen molar-refractivity contribution >= 4 is 11.6 Å². The SMILES string of the molecule is O=C(CCN1CCCC1c1ccc2c(c1)OCCO2)Nc1cccc(F)c1. The van der Waals surface area contributed by atoms with Gasteiger partial charge in [-0.3, -0.25) is 9.69 Å². The molecule has 1 saturated heterocycles. The number of likely N-dealkylation sites (tertiary alicyclic amines) is 1. The summed E-state index contributed by atoms with van der Waals surface area (Å²) < 4.78 is 24.5. The van der Waals surface area contributed by atoms with Crippen LogP contribution in [-0.2, 0) is 4.79 Å². The third-order valence-electron chi connectivity index (χ3n) is 5.05. The maximum atomic E-state index is 13.2. The lowest BCUT2D eigenvalue weighted by molar-refractivity contribution is -0.116. The summed E-state index contributed by atoms with van der Waals surface area (Å²) in [6, 6.07) is 12.4. The van der Waals surface area contributed by atoms with E-state index in [1.54, 1.807) is 12.1 Å². The number of hydrogen-bond donors (Lipinski definition) is 1. The van der Waals surface area contributed by atoms with Gasteiger partial charge in [0.25, 0.3) is 0 Å². The summed E-state index contributed by atoms with van der Waals surface area (Å²) in [5.41, 5.74) is 1.69. The molecule has 1 atom stereocenters. The van der Waals surface area contributed by atoms with Crippen molar-refractivity contribution in [2.75, 3.05) is 31.6 Å². The van der Waals surface area contributed by atoms with Gasteiger partial charge in [0.2, 0.25) is 5.91 Å². The van der Waals surface area contributed by atoms with Crippen molar-refractivity contribution in [2.24, 2.45) is 0 Å². The number of hydrogen-bond acceptors (Lipinski definition) is 4. The van der Waals surface area contributed by atoms with Crippen molar-refractivity contribution in [1.29, 1.82) is 0 Å². The normalized spacial score (nSPS) is 19.1. The Morgan fingerprint density at radius 3 is 2.85 bits per heavy atom. The predicted octanol–water partition coefficient (Wildman–Crippen LogP) is 3.76. The van der Waals surface area contributed by atoms with Gasteiger partial charge in [-0.2, -0.15) is 0 Å². The third kappa shape index (κ3) is 4.22. The fourth-order valence-corrected chi connectivity index (χ4v) is 3.77. The van der Waals surface area contributed by atoms with Crippen LogP contribution in [0.5, 0.6) is 11.5 Å². The highest BCUT2D eigenvalue weighted by Crippen LogP contribution is 2.38. The summed E-state index contributed by atoms with van der Waals surface area (Å²) in [6.45, 7) is 2.79. The maximum absolute atomic E-state index is 13.2. The van der Waals surface area contributed by atoms with Gasteiger partial charge in [0.15, 0.2) is 11.5 Å². The van der Waals surface area contributed by atoms with Crippen molar-refractivity contribution in [1.82, 2.24) is 4.90 Å². The fourth-order valence-electron chi connectivity index (χ4n) is 3.77. The number of benzene rings is 2. The molecule has 2 aromatic carbocycles. The largest absolute Gasteiger partial charge is 0.486 e. The quantitative estimate of drug-likeness (QED) is 0.871. The number of amides is 1. The van der Waals surface area contributed by atoms with Gasteiger partial charge in [-0.15, -0.1) is 0 Å². The molecule has 1 amide bonds. The van der Waals surface area contributed by atoms with Gasteiger partial charge >= 0.3 is 0 Å². The lowest BCUT2D eigenvalue weighted by atomic mass is 10.0. The highest BCUT2D eigenvalue weighted by molar-refractivity contribution is 5.90. The van der Waals surface area contributed by atoms with Gasteiger partial charge in [-0.05, 0) is 55.3 Å². The van der Waals surface area contributed by atoms with Crippen LogP contribution in [0.1, 0.15) is 30.9 Å². The minimum absolute atomic E-state index is 0.103. The second kappa shape index (κ2) is 7.96. The molecule has 0 aromatic heterocycles. The number of nitrogens with one attached hydrogen (secondary N) is 1. The van der Waals surface area contributed by atoms with E-state index in [0.29, 0.717) is 31.9 Å². The van der Waals surface area contributed by atoms with Crippen LogP contribution >= 0.6 is 0 Å². The standard InChI is InChI=1S/C21H23FN2O3/c22-16-3-1-4-17(14-16)23-21(25)8-10-24-9-2-5-18(24)15-6-7-19-20(13-15)27-12-11-26-19/h1,3-4,6-7,13-14,18H,2,5,8-12H2,(H,23,25). The number of anilines is 1. The zero-order valence-corrected chi connectivity index (χ0v) is 15.1. The molecule has 142 valence electrons. The summed E-state index contributed by atoms with van der Waals surface area (Å²) in [4.78, 5) is 14.5. The Kier molecular flexibility index (Phi) is 5.25. The molecule has 2 aliphatic heterocycles. The highest BCUT2D eigenvalue weighted by Gasteiger charge is 2.27. The summed E-state index contributed by atoms with van der Waals surface area (Å²) in [5.74, 6) is 1.14. The Bertz CT molecular complexity index is 827. The number of halogens is 1. The highest BCUT2D eigenvalue weighted by atomic mass is 19.1. The van der Waals surface area contributed by atoms with E-state index >= 15 is 0 Å². The molecule has 0 saturated carbocycles. The van der Waals surface area contributed by atoms with Crippen molar-refractivity contribution < 1.29 is 18.7 Å². The first kappa shape index (κ1) is 17.8. The summed E-state index contributed by atoms with van der Waals surface area (Å²) in [5, 5.41) is 2.76. The molecule has 0 aliphatic carbocycles. The first-order chi connectivity index (χ1) is 13.2. The molecular formula is C21H23FN2O3. The molecular weight excluding hydrogens is 347 g/mol. The smallest absolute Gasteiger partial charge is 0.225 e. The van der Waals surface area contributed by atoms with Crippen LogP contribution in [0.2, 0.25) is 0 Å². The number of carbonyl (C=O) groups excluding carboxylic acids is 1. The molecule has 27 heavy (non-hydrogen) atoms. The van der Waals surface area contributed by atoms with E-state index in [0.717, 1.165) is 30.9 Å². The third-order valence-corrected chi connectivity index (χ3v) is 5.05. The predicted molar refractivity (Wildman–Crippen MR) is 101 cm³/mol. The van der Waals surface area contributed by atoms with E-state index in [2.05, 4.69) is 22.3 Å². The van der Waals surface area contributed by atoms with Crippen LogP contribution < -0.4 is 14.8 Å². The van der Waals surface area contributed by atoms with Gasteiger partial charge in [0.05, 0.1) is 0 Å². The molecule has 1 unspecified atom stereocenters. The van der Waals surface area contributed by atoms with Crippen molar-refractivity contribution in [2.45, 2.75) is 25.3 Å². The van der Waals surface area contributed by atoms with E-state index in [4.69, 9.17) is 9.47 Å². The van der Waals surface area contributed by atoms with Crippen LogP contribution in [0.15, 0.2) is 42.5 Å². The number of fused-ring (bicyclic) bond motifs is 1. The van der Waals surface area contributed by atoms with E-state index in [-0.39, 0.29) is 17.8 Å². The minimum atomic E-state index is -0.356. The molecule has 0 radical (unpaired) electrons. The maximum Gasteiger partial charge on any atom is 0.225 e. The number of carbonyl (C=O) groups is 1. The first-order valence-corrected chi connectivity index (χ1v) is 9.38. The van der Waals surface area contributed by atoms with Crippen LogP contribution in [0, 0.1) is 5.82 Å². The molecule has 4 rings (SSSR count). The molecule has 0 spiro atoms. The zero-order valence-electron chi connectivity index (χ0n) is 15.1. The van der Waals surface area contributed by atoms with Crippen molar-refractivity contribution in [3.05, 3.63) is 53.8 Å².